The highest BCUT2D eigenvalue weighted by Crippen LogP contribution is 2.27. The largest absolute Gasteiger partial charge is 0.484 e. The second-order valence-corrected chi connectivity index (χ2v) is 6.60. The van der Waals surface area contributed by atoms with Crippen molar-refractivity contribution >= 4 is 5.91 Å². The van der Waals surface area contributed by atoms with Crippen LogP contribution in [0.2, 0.25) is 0 Å². The van der Waals surface area contributed by atoms with Gasteiger partial charge in [-0.3, -0.25) is 9.78 Å². The normalized spacial score (nSPS) is 16.5. The average molecular weight is 364 g/mol. The molecule has 138 valence electrons. The van der Waals surface area contributed by atoms with Gasteiger partial charge in [0.05, 0.1) is 0 Å². The predicted molar refractivity (Wildman–Crippen MR) is 98.1 cm³/mol. The van der Waals surface area contributed by atoms with Crippen LogP contribution in [0.25, 0.3) is 11.6 Å². The monoisotopic (exact) mass is 364 g/mol. The summed E-state index contributed by atoms with van der Waals surface area (Å²) in [6.45, 7) is 3.27. The van der Waals surface area contributed by atoms with Crippen LogP contribution >= 0.6 is 0 Å². The number of likely N-dealkylation sites (tertiary alicyclic amines) is 1. The summed E-state index contributed by atoms with van der Waals surface area (Å²) in [6, 6.07) is 13.2. The number of nitrogens with zero attached hydrogens (tertiary/aromatic N) is 4. The summed E-state index contributed by atoms with van der Waals surface area (Å²) in [5.41, 5.74) is 1.80. The Hall–Kier alpha value is -3.22. The summed E-state index contributed by atoms with van der Waals surface area (Å²) in [4.78, 5) is 22.9. The third kappa shape index (κ3) is 3.97. The second-order valence-electron chi connectivity index (χ2n) is 6.60. The first-order chi connectivity index (χ1) is 13.2. The van der Waals surface area contributed by atoms with E-state index in [0.717, 1.165) is 12.0 Å². The van der Waals surface area contributed by atoms with Gasteiger partial charge in [0.25, 0.3) is 11.8 Å². The minimum Gasteiger partial charge on any atom is -0.484 e. The van der Waals surface area contributed by atoms with Gasteiger partial charge < -0.3 is 14.2 Å². The number of hydrogen-bond donors (Lipinski definition) is 0. The Morgan fingerprint density at radius 2 is 2.11 bits per heavy atom. The van der Waals surface area contributed by atoms with E-state index >= 15 is 0 Å². The first-order valence-corrected chi connectivity index (χ1v) is 8.91. The number of carbonyl (C=O) groups excluding carboxylic acids is 1. The summed E-state index contributed by atoms with van der Waals surface area (Å²) >= 11 is 0. The first-order valence-electron chi connectivity index (χ1n) is 8.91. The Balaban J connectivity index is 1.34. The van der Waals surface area contributed by atoms with E-state index in [9.17, 15) is 4.79 Å². The van der Waals surface area contributed by atoms with Gasteiger partial charge in [0.1, 0.15) is 11.4 Å². The van der Waals surface area contributed by atoms with Crippen molar-refractivity contribution in [2.24, 2.45) is 0 Å². The first kappa shape index (κ1) is 17.2. The van der Waals surface area contributed by atoms with Crippen LogP contribution < -0.4 is 4.74 Å². The van der Waals surface area contributed by atoms with E-state index < -0.39 is 0 Å². The zero-order valence-corrected chi connectivity index (χ0v) is 15.0. The molecule has 2 aromatic heterocycles. The maximum absolute atomic E-state index is 12.4. The average Bonchev–Trinajstić information content (AvgIpc) is 3.37. The van der Waals surface area contributed by atoms with Crippen molar-refractivity contribution in [3.8, 4) is 17.3 Å². The fourth-order valence-corrected chi connectivity index (χ4v) is 3.06. The number of pyridine rings is 1. The molecule has 1 aliphatic heterocycles. The number of ether oxygens (including phenoxy) is 1. The van der Waals surface area contributed by atoms with Crippen molar-refractivity contribution in [2.75, 3.05) is 19.7 Å². The highest BCUT2D eigenvalue weighted by molar-refractivity contribution is 5.78. The van der Waals surface area contributed by atoms with E-state index in [1.807, 2.05) is 49.4 Å². The molecule has 0 bridgehead atoms. The number of hydrogen-bond acceptors (Lipinski definition) is 6. The van der Waals surface area contributed by atoms with Crippen molar-refractivity contribution in [2.45, 2.75) is 19.3 Å². The molecule has 0 saturated carbocycles. The Labute approximate surface area is 157 Å². The molecular formula is C20H20N4O3. The molecule has 1 saturated heterocycles. The standard InChI is InChI=1S/C20H20N4O3/c1-14-5-7-16(8-6-14)26-13-18(25)24-11-9-15(12-24)19-22-20(27-23-19)17-4-2-3-10-21-17/h2-8,10,15H,9,11-13H2,1H3. The Morgan fingerprint density at radius 1 is 1.26 bits per heavy atom. The Morgan fingerprint density at radius 3 is 2.89 bits per heavy atom. The van der Waals surface area contributed by atoms with Crippen molar-refractivity contribution in [3.05, 3.63) is 60.0 Å². The number of aromatic nitrogens is 3. The van der Waals surface area contributed by atoms with E-state index in [1.165, 1.54) is 0 Å². The SMILES string of the molecule is Cc1ccc(OCC(=O)N2CCC(c3noc(-c4ccccn4)n3)C2)cc1. The zero-order valence-electron chi connectivity index (χ0n) is 15.0. The van der Waals surface area contributed by atoms with Crippen LogP contribution in [0.3, 0.4) is 0 Å². The third-order valence-electron chi connectivity index (χ3n) is 4.62. The molecule has 1 aliphatic rings. The molecule has 3 heterocycles. The van der Waals surface area contributed by atoms with E-state index in [2.05, 4.69) is 15.1 Å². The molecule has 1 fully saturated rings. The molecular weight excluding hydrogens is 344 g/mol. The van der Waals surface area contributed by atoms with Crippen molar-refractivity contribution in [1.29, 1.82) is 0 Å². The lowest BCUT2D eigenvalue weighted by Gasteiger charge is -2.16. The molecule has 1 amide bonds. The summed E-state index contributed by atoms with van der Waals surface area (Å²) in [5.74, 6) is 1.74. The molecule has 1 atom stereocenters. The van der Waals surface area contributed by atoms with E-state index in [4.69, 9.17) is 9.26 Å². The summed E-state index contributed by atoms with van der Waals surface area (Å²) in [5, 5.41) is 4.07. The minimum atomic E-state index is -0.0356. The van der Waals surface area contributed by atoms with Gasteiger partial charge in [-0.15, -0.1) is 0 Å². The molecule has 7 nitrogen and oxygen atoms in total. The van der Waals surface area contributed by atoms with E-state index in [0.29, 0.717) is 36.2 Å². The molecule has 7 heteroatoms. The lowest BCUT2D eigenvalue weighted by molar-refractivity contribution is -0.132. The van der Waals surface area contributed by atoms with Gasteiger partial charge in [0.2, 0.25) is 0 Å². The minimum absolute atomic E-state index is 0.0290. The van der Waals surface area contributed by atoms with Gasteiger partial charge in [0.15, 0.2) is 12.4 Å². The van der Waals surface area contributed by atoms with E-state index in [-0.39, 0.29) is 18.4 Å². The lowest BCUT2D eigenvalue weighted by Crippen LogP contribution is -2.32. The highest BCUT2D eigenvalue weighted by Gasteiger charge is 2.30. The number of carbonyl (C=O) groups is 1. The van der Waals surface area contributed by atoms with Crippen LogP contribution in [0.1, 0.15) is 23.7 Å². The molecule has 0 radical (unpaired) electrons. The van der Waals surface area contributed by atoms with Crippen molar-refractivity contribution in [3.63, 3.8) is 0 Å². The summed E-state index contributed by atoms with van der Waals surface area (Å²) in [6.07, 6.45) is 2.49. The van der Waals surface area contributed by atoms with Crippen LogP contribution in [0, 0.1) is 6.92 Å². The quantitative estimate of drug-likeness (QED) is 0.692. The summed E-state index contributed by atoms with van der Waals surface area (Å²) < 4.78 is 10.9. The van der Waals surface area contributed by atoms with Gasteiger partial charge >= 0.3 is 0 Å². The van der Waals surface area contributed by atoms with Crippen LogP contribution in [-0.2, 0) is 4.79 Å². The van der Waals surface area contributed by atoms with E-state index in [1.54, 1.807) is 11.1 Å². The molecule has 0 aliphatic carbocycles. The molecule has 0 N–H and O–H groups in total. The van der Waals surface area contributed by atoms with Crippen molar-refractivity contribution in [1.82, 2.24) is 20.0 Å². The van der Waals surface area contributed by atoms with Gasteiger partial charge in [-0.1, -0.05) is 28.9 Å². The van der Waals surface area contributed by atoms with Gasteiger partial charge in [0, 0.05) is 25.2 Å². The van der Waals surface area contributed by atoms with Gasteiger partial charge in [-0.25, -0.2) is 0 Å². The lowest BCUT2D eigenvalue weighted by atomic mass is 10.1. The van der Waals surface area contributed by atoms with Crippen LogP contribution in [0.4, 0.5) is 0 Å². The number of rotatable bonds is 5. The van der Waals surface area contributed by atoms with Crippen LogP contribution in [0.5, 0.6) is 5.75 Å². The maximum atomic E-state index is 12.4. The van der Waals surface area contributed by atoms with Gasteiger partial charge in [-0.05, 0) is 37.6 Å². The van der Waals surface area contributed by atoms with Crippen molar-refractivity contribution < 1.29 is 14.1 Å². The van der Waals surface area contributed by atoms with Crippen LogP contribution in [0.15, 0.2) is 53.2 Å². The molecule has 1 unspecified atom stereocenters. The maximum Gasteiger partial charge on any atom is 0.276 e. The smallest absolute Gasteiger partial charge is 0.276 e. The van der Waals surface area contributed by atoms with Gasteiger partial charge in [-0.2, -0.15) is 4.98 Å². The molecule has 0 spiro atoms. The third-order valence-corrected chi connectivity index (χ3v) is 4.62. The highest BCUT2D eigenvalue weighted by atomic mass is 16.5. The number of aryl methyl sites for hydroxylation is 1. The topological polar surface area (TPSA) is 81.4 Å². The zero-order chi connectivity index (χ0) is 18.6. The second kappa shape index (κ2) is 7.57. The molecule has 27 heavy (non-hydrogen) atoms. The summed E-state index contributed by atoms with van der Waals surface area (Å²) in [7, 11) is 0. The fourth-order valence-electron chi connectivity index (χ4n) is 3.06. The van der Waals surface area contributed by atoms with Crippen LogP contribution in [-0.4, -0.2) is 45.6 Å². The fraction of sp³-hybridized carbons (Fsp3) is 0.300. The Kier molecular flexibility index (Phi) is 4.82. The number of amides is 1. The molecule has 4 rings (SSSR count). The molecule has 3 aromatic rings. The predicted octanol–water partition coefficient (Wildman–Crippen LogP) is 2.83. The number of benzene rings is 1. The Bertz CT molecular complexity index is 908. The molecule has 1 aromatic carbocycles.